The van der Waals surface area contributed by atoms with Crippen molar-refractivity contribution in [1.29, 1.82) is 0 Å². The van der Waals surface area contributed by atoms with Gasteiger partial charge in [0.2, 0.25) is 5.91 Å². The third kappa shape index (κ3) is 4.56. The molecule has 19 heavy (non-hydrogen) atoms. The molecule has 0 aliphatic heterocycles. The van der Waals surface area contributed by atoms with Crippen LogP contribution in [0.15, 0.2) is 24.3 Å². The second-order valence-corrected chi connectivity index (χ2v) is 5.59. The molecule has 1 aromatic carbocycles. The summed E-state index contributed by atoms with van der Waals surface area (Å²) >= 11 is 0. The number of primary amides is 1. The minimum absolute atomic E-state index is 0.0376. The van der Waals surface area contributed by atoms with Crippen LogP contribution in [0.5, 0.6) is 5.75 Å². The van der Waals surface area contributed by atoms with E-state index in [1.807, 2.05) is 45.0 Å². The first-order valence-corrected chi connectivity index (χ1v) is 6.56. The first-order chi connectivity index (χ1) is 8.72. The lowest BCUT2D eigenvalue weighted by molar-refractivity contribution is -0.123. The Kier molecular flexibility index (Phi) is 4.95. The Balaban J connectivity index is 2.73. The number of hydrogen-bond donors (Lipinski definition) is 2. The van der Waals surface area contributed by atoms with Crippen LogP contribution in [-0.4, -0.2) is 17.6 Å². The van der Waals surface area contributed by atoms with Gasteiger partial charge in [-0.15, -0.1) is 0 Å². The molecule has 4 heteroatoms. The molecular weight excluding hydrogens is 240 g/mol. The molecule has 1 rings (SSSR count). The summed E-state index contributed by atoms with van der Waals surface area (Å²) in [5.74, 6) is 0.485. The van der Waals surface area contributed by atoms with Crippen molar-refractivity contribution < 1.29 is 9.53 Å². The molecule has 0 aliphatic rings. The van der Waals surface area contributed by atoms with Gasteiger partial charge in [0.15, 0.2) is 0 Å². The average molecular weight is 264 g/mol. The first kappa shape index (κ1) is 15.5. The Morgan fingerprint density at radius 2 is 1.74 bits per heavy atom. The third-order valence-corrected chi connectivity index (χ3v) is 2.95. The number of nitrogens with two attached hydrogens (primary N) is 1. The number of benzene rings is 1. The highest BCUT2D eigenvalue weighted by molar-refractivity contribution is 5.83. The van der Waals surface area contributed by atoms with E-state index in [0.717, 1.165) is 11.3 Å². The second kappa shape index (κ2) is 6.06. The van der Waals surface area contributed by atoms with Gasteiger partial charge in [-0.05, 0) is 52.3 Å². The number of rotatable bonds is 6. The summed E-state index contributed by atoms with van der Waals surface area (Å²) in [4.78, 5) is 11.3. The van der Waals surface area contributed by atoms with E-state index in [-0.39, 0.29) is 18.1 Å². The van der Waals surface area contributed by atoms with E-state index in [9.17, 15) is 4.79 Å². The highest BCUT2D eigenvalue weighted by Gasteiger charge is 2.26. The average Bonchev–Trinajstić information content (AvgIpc) is 2.28. The SMILES string of the molecule is CC(C)Oc1ccc(C(C)NC(C)(C)C(N)=O)cc1. The van der Waals surface area contributed by atoms with Crippen LogP contribution in [0.25, 0.3) is 0 Å². The number of ether oxygens (including phenoxy) is 1. The molecule has 0 heterocycles. The summed E-state index contributed by atoms with van der Waals surface area (Å²) in [5, 5.41) is 3.22. The van der Waals surface area contributed by atoms with Crippen molar-refractivity contribution in [3.63, 3.8) is 0 Å². The molecule has 0 spiro atoms. The predicted molar refractivity (Wildman–Crippen MR) is 77.0 cm³/mol. The highest BCUT2D eigenvalue weighted by Crippen LogP contribution is 2.20. The van der Waals surface area contributed by atoms with E-state index in [1.54, 1.807) is 13.8 Å². The van der Waals surface area contributed by atoms with Gasteiger partial charge in [-0.3, -0.25) is 10.1 Å². The molecule has 1 atom stereocenters. The van der Waals surface area contributed by atoms with Crippen LogP contribution in [0.4, 0.5) is 0 Å². The zero-order chi connectivity index (χ0) is 14.6. The van der Waals surface area contributed by atoms with E-state index in [4.69, 9.17) is 10.5 Å². The molecule has 0 bridgehead atoms. The lowest BCUT2D eigenvalue weighted by atomic mass is 10.0. The van der Waals surface area contributed by atoms with E-state index in [0.29, 0.717) is 0 Å². The van der Waals surface area contributed by atoms with Crippen molar-refractivity contribution >= 4 is 5.91 Å². The zero-order valence-corrected chi connectivity index (χ0v) is 12.4. The first-order valence-electron chi connectivity index (χ1n) is 6.56. The number of nitrogens with one attached hydrogen (secondary N) is 1. The molecular formula is C15H24N2O2. The van der Waals surface area contributed by atoms with E-state index in [2.05, 4.69) is 5.32 Å². The van der Waals surface area contributed by atoms with Crippen LogP contribution in [-0.2, 0) is 4.79 Å². The van der Waals surface area contributed by atoms with Crippen molar-refractivity contribution in [2.45, 2.75) is 52.3 Å². The fraction of sp³-hybridized carbons (Fsp3) is 0.533. The number of carbonyl (C=O) groups excluding carboxylic acids is 1. The molecule has 0 saturated carbocycles. The smallest absolute Gasteiger partial charge is 0.237 e. The summed E-state index contributed by atoms with van der Waals surface area (Å²) in [5.41, 5.74) is 5.71. The van der Waals surface area contributed by atoms with Gasteiger partial charge in [0.05, 0.1) is 11.6 Å². The van der Waals surface area contributed by atoms with Gasteiger partial charge >= 0.3 is 0 Å². The lowest BCUT2D eigenvalue weighted by Gasteiger charge is -2.27. The van der Waals surface area contributed by atoms with Gasteiger partial charge in [0.1, 0.15) is 5.75 Å². The fourth-order valence-corrected chi connectivity index (χ4v) is 1.80. The Morgan fingerprint density at radius 3 is 2.16 bits per heavy atom. The fourth-order valence-electron chi connectivity index (χ4n) is 1.80. The van der Waals surface area contributed by atoms with E-state index >= 15 is 0 Å². The van der Waals surface area contributed by atoms with Gasteiger partial charge in [0, 0.05) is 6.04 Å². The normalized spacial score (nSPS) is 13.4. The number of amides is 1. The molecule has 4 nitrogen and oxygen atoms in total. The van der Waals surface area contributed by atoms with Crippen LogP contribution >= 0.6 is 0 Å². The number of carbonyl (C=O) groups is 1. The molecule has 0 fully saturated rings. The van der Waals surface area contributed by atoms with Gasteiger partial charge < -0.3 is 10.5 Å². The molecule has 1 unspecified atom stereocenters. The van der Waals surface area contributed by atoms with Gasteiger partial charge in [-0.1, -0.05) is 12.1 Å². The standard InChI is InChI=1S/C15H24N2O2/c1-10(2)19-13-8-6-12(7-9-13)11(3)17-15(4,5)14(16)18/h6-11,17H,1-5H3,(H2,16,18). The van der Waals surface area contributed by atoms with Gasteiger partial charge in [0.25, 0.3) is 0 Å². The largest absolute Gasteiger partial charge is 0.491 e. The molecule has 0 saturated heterocycles. The Labute approximate surface area is 115 Å². The van der Waals surface area contributed by atoms with Gasteiger partial charge in [-0.2, -0.15) is 0 Å². The molecule has 0 aliphatic carbocycles. The van der Waals surface area contributed by atoms with Crippen LogP contribution in [0.1, 0.15) is 46.2 Å². The summed E-state index contributed by atoms with van der Waals surface area (Å²) in [6, 6.07) is 7.89. The molecule has 0 radical (unpaired) electrons. The summed E-state index contributed by atoms with van der Waals surface area (Å²) in [7, 11) is 0. The van der Waals surface area contributed by atoms with Crippen LogP contribution in [0, 0.1) is 0 Å². The van der Waals surface area contributed by atoms with Gasteiger partial charge in [-0.25, -0.2) is 0 Å². The maximum atomic E-state index is 11.3. The lowest BCUT2D eigenvalue weighted by Crippen LogP contribution is -2.51. The monoisotopic (exact) mass is 264 g/mol. The van der Waals surface area contributed by atoms with Crippen molar-refractivity contribution in [2.75, 3.05) is 0 Å². The summed E-state index contributed by atoms with van der Waals surface area (Å²) in [6.45, 7) is 9.55. The van der Waals surface area contributed by atoms with E-state index < -0.39 is 5.54 Å². The Bertz CT molecular complexity index is 424. The third-order valence-electron chi connectivity index (χ3n) is 2.95. The maximum Gasteiger partial charge on any atom is 0.237 e. The molecule has 1 aromatic rings. The minimum Gasteiger partial charge on any atom is -0.491 e. The molecule has 0 aromatic heterocycles. The molecule has 106 valence electrons. The Morgan fingerprint density at radius 1 is 1.21 bits per heavy atom. The topological polar surface area (TPSA) is 64.3 Å². The quantitative estimate of drug-likeness (QED) is 0.829. The highest BCUT2D eigenvalue weighted by atomic mass is 16.5. The van der Waals surface area contributed by atoms with Crippen molar-refractivity contribution in [2.24, 2.45) is 5.73 Å². The zero-order valence-electron chi connectivity index (χ0n) is 12.4. The maximum absolute atomic E-state index is 11.3. The van der Waals surface area contributed by atoms with Crippen LogP contribution in [0.2, 0.25) is 0 Å². The van der Waals surface area contributed by atoms with E-state index in [1.165, 1.54) is 0 Å². The molecule has 1 amide bonds. The molecule has 3 N–H and O–H groups in total. The minimum atomic E-state index is -0.730. The summed E-state index contributed by atoms with van der Waals surface area (Å²) in [6.07, 6.45) is 0.162. The summed E-state index contributed by atoms with van der Waals surface area (Å²) < 4.78 is 5.59. The van der Waals surface area contributed by atoms with Crippen molar-refractivity contribution in [1.82, 2.24) is 5.32 Å². The van der Waals surface area contributed by atoms with Crippen molar-refractivity contribution in [3.8, 4) is 5.75 Å². The predicted octanol–water partition coefficient (Wildman–Crippen LogP) is 2.39. The van der Waals surface area contributed by atoms with Crippen LogP contribution < -0.4 is 15.8 Å². The second-order valence-electron chi connectivity index (χ2n) is 5.59. The number of hydrogen-bond acceptors (Lipinski definition) is 3. The van der Waals surface area contributed by atoms with Crippen molar-refractivity contribution in [3.05, 3.63) is 29.8 Å². The Hall–Kier alpha value is -1.55. The van der Waals surface area contributed by atoms with Crippen LogP contribution in [0.3, 0.4) is 0 Å².